The molecule has 0 spiro atoms. The van der Waals surface area contributed by atoms with Crippen LogP contribution in [0.3, 0.4) is 0 Å². The standard InChI is InChI=1S/C14H23N3/c1-4-12-6-8-17(10-12)14-9-13(5-7-16-14)11(2)15-3/h5,7,9,11-12,15H,4,6,8,10H2,1-3H3. The summed E-state index contributed by atoms with van der Waals surface area (Å²) in [4.78, 5) is 6.92. The van der Waals surface area contributed by atoms with E-state index in [1.165, 1.54) is 24.9 Å². The van der Waals surface area contributed by atoms with Crippen molar-refractivity contribution in [1.29, 1.82) is 0 Å². The zero-order valence-corrected chi connectivity index (χ0v) is 11.1. The van der Waals surface area contributed by atoms with Crippen LogP contribution >= 0.6 is 0 Å². The van der Waals surface area contributed by atoms with Crippen LogP contribution in [0.4, 0.5) is 5.82 Å². The largest absolute Gasteiger partial charge is 0.356 e. The van der Waals surface area contributed by atoms with E-state index >= 15 is 0 Å². The van der Waals surface area contributed by atoms with Crippen molar-refractivity contribution in [2.24, 2.45) is 5.92 Å². The smallest absolute Gasteiger partial charge is 0.128 e. The van der Waals surface area contributed by atoms with Crippen LogP contribution in [0.15, 0.2) is 18.3 Å². The van der Waals surface area contributed by atoms with Gasteiger partial charge in [0.2, 0.25) is 0 Å². The Labute approximate surface area is 104 Å². The van der Waals surface area contributed by atoms with Crippen molar-refractivity contribution < 1.29 is 0 Å². The number of nitrogens with zero attached hydrogens (tertiary/aromatic N) is 2. The lowest BCUT2D eigenvalue weighted by Gasteiger charge is -2.19. The highest BCUT2D eigenvalue weighted by molar-refractivity contribution is 5.42. The van der Waals surface area contributed by atoms with Crippen molar-refractivity contribution in [3.05, 3.63) is 23.9 Å². The normalized spacial score (nSPS) is 21.8. The number of rotatable bonds is 4. The summed E-state index contributed by atoms with van der Waals surface area (Å²) in [7, 11) is 1.99. The second-order valence-electron chi connectivity index (χ2n) is 4.97. The molecule has 1 fully saturated rings. The van der Waals surface area contributed by atoms with E-state index in [-0.39, 0.29) is 0 Å². The molecule has 1 saturated heterocycles. The number of anilines is 1. The number of pyridine rings is 1. The Kier molecular flexibility index (Phi) is 4.00. The van der Waals surface area contributed by atoms with Gasteiger partial charge in [-0.1, -0.05) is 13.3 Å². The first-order valence-electron chi connectivity index (χ1n) is 6.62. The molecule has 0 saturated carbocycles. The zero-order valence-electron chi connectivity index (χ0n) is 11.1. The molecule has 1 aliphatic heterocycles. The van der Waals surface area contributed by atoms with Crippen molar-refractivity contribution in [1.82, 2.24) is 10.3 Å². The van der Waals surface area contributed by atoms with Crippen LogP contribution in [0.25, 0.3) is 0 Å². The average Bonchev–Trinajstić information content (AvgIpc) is 2.86. The van der Waals surface area contributed by atoms with Crippen molar-refractivity contribution in [3.63, 3.8) is 0 Å². The minimum absolute atomic E-state index is 0.390. The summed E-state index contributed by atoms with van der Waals surface area (Å²) >= 11 is 0. The van der Waals surface area contributed by atoms with Crippen molar-refractivity contribution in [2.45, 2.75) is 32.7 Å². The molecule has 1 aromatic heterocycles. The molecule has 2 unspecified atom stereocenters. The van der Waals surface area contributed by atoms with E-state index in [0.717, 1.165) is 18.3 Å². The van der Waals surface area contributed by atoms with Crippen LogP contribution in [0.2, 0.25) is 0 Å². The third-order valence-electron chi connectivity index (χ3n) is 3.89. The van der Waals surface area contributed by atoms with Gasteiger partial charge in [-0.3, -0.25) is 0 Å². The fourth-order valence-corrected chi connectivity index (χ4v) is 2.42. The molecule has 0 radical (unpaired) electrons. The predicted octanol–water partition coefficient (Wildman–Crippen LogP) is 2.60. The highest BCUT2D eigenvalue weighted by atomic mass is 15.2. The summed E-state index contributed by atoms with van der Waals surface area (Å²) in [6.45, 7) is 6.78. The van der Waals surface area contributed by atoms with Gasteiger partial charge in [0, 0.05) is 25.3 Å². The molecule has 1 aromatic rings. The fraction of sp³-hybridized carbons (Fsp3) is 0.643. The molecule has 1 aliphatic rings. The van der Waals surface area contributed by atoms with Gasteiger partial charge < -0.3 is 10.2 Å². The molecule has 17 heavy (non-hydrogen) atoms. The van der Waals surface area contributed by atoms with Crippen LogP contribution < -0.4 is 10.2 Å². The average molecular weight is 233 g/mol. The summed E-state index contributed by atoms with van der Waals surface area (Å²) in [5, 5.41) is 3.27. The first-order valence-corrected chi connectivity index (χ1v) is 6.62. The lowest BCUT2D eigenvalue weighted by atomic mass is 10.1. The van der Waals surface area contributed by atoms with E-state index in [2.05, 4.69) is 41.2 Å². The quantitative estimate of drug-likeness (QED) is 0.866. The van der Waals surface area contributed by atoms with Gasteiger partial charge in [0.05, 0.1) is 0 Å². The maximum atomic E-state index is 4.50. The molecule has 0 aromatic carbocycles. The number of hydrogen-bond donors (Lipinski definition) is 1. The molecule has 2 atom stereocenters. The molecule has 1 N–H and O–H groups in total. The molecule has 94 valence electrons. The van der Waals surface area contributed by atoms with E-state index in [1.54, 1.807) is 0 Å². The second kappa shape index (κ2) is 5.50. The number of nitrogens with one attached hydrogen (secondary N) is 1. The van der Waals surface area contributed by atoms with E-state index in [4.69, 9.17) is 0 Å². The van der Waals surface area contributed by atoms with Gasteiger partial charge >= 0.3 is 0 Å². The van der Waals surface area contributed by atoms with Gasteiger partial charge in [0.15, 0.2) is 0 Å². The van der Waals surface area contributed by atoms with Crippen LogP contribution in [-0.2, 0) is 0 Å². The zero-order chi connectivity index (χ0) is 12.3. The molecule has 3 heteroatoms. The first-order chi connectivity index (χ1) is 8.24. The van der Waals surface area contributed by atoms with E-state index < -0.39 is 0 Å². The molecule has 2 rings (SSSR count). The Balaban J connectivity index is 2.11. The van der Waals surface area contributed by atoms with Gasteiger partial charge in [-0.15, -0.1) is 0 Å². The van der Waals surface area contributed by atoms with Crippen molar-refractivity contribution in [2.75, 3.05) is 25.0 Å². The second-order valence-corrected chi connectivity index (χ2v) is 4.97. The predicted molar refractivity (Wildman–Crippen MR) is 72.3 cm³/mol. The van der Waals surface area contributed by atoms with E-state index in [0.29, 0.717) is 6.04 Å². The topological polar surface area (TPSA) is 28.2 Å². The number of hydrogen-bond acceptors (Lipinski definition) is 3. The fourth-order valence-electron chi connectivity index (χ4n) is 2.42. The summed E-state index contributed by atoms with van der Waals surface area (Å²) < 4.78 is 0. The number of aromatic nitrogens is 1. The first kappa shape index (κ1) is 12.4. The molecular weight excluding hydrogens is 210 g/mol. The lowest BCUT2D eigenvalue weighted by molar-refractivity contribution is 0.568. The SMILES string of the molecule is CCC1CCN(c2cc(C(C)NC)ccn2)C1. The van der Waals surface area contributed by atoms with Crippen LogP contribution in [-0.4, -0.2) is 25.1 Å². The summed E-state index contributed by atoms with van der Waals surface area (Å²) in [5.74, 6) is 1.99. The van der Waals surface area contributed by atoms with Crippen molar-refractivity contribution in [3.8, 4) is 0 Å². The Morgan fingerprint density at radius 2 is 2.41 bits per heavy atom. The minimum Gasteiger partial charge on any atom is -0.356 e. The van der Waals surface area contributed by atoms with Gasteiger partial charge in [-0.25, -0.2) is 4.98 Å². The van der Waals surface area contributed by atoms with E-state index in [1.807, 2.05) is 13.2 Å². The molecule has 3 nitrogen and oxygen atoms in total. The third-order valence-corrected chi connectivity index (χ3v) is 3.89. The third kappa shape index (κ3) is 2.78. The molecule has 0 amide bonds. The molecule has 0 bridgehead atoms. The summed E-state index contributed by atoms with van der Waals surface area (Å²) in [5.41, 5.74) is 1.32. The Morgan fingerprint density at radius 3 is 3.06 bits per heavy atom. The van der Waals surface area contributed by atoms with E-state index in [9.17, 15) is 0 Å². The van der Waals surface area contributed by atoms with Crippen LogP contribution in [0.5, 0.6) is 0 Å². The monoisotopic (exact) mass is 233 g/mol. The maximum Gasteiger partial charge on any atom is 0.128 e. The van der Waals surface area contributed by atoms with Gasteiger partial charge in [0.25, 0.3) is 0 Å². The highest BCUT2D eigenvalue weighted by Crippen LogP contribution is 2.25. The summed E-state index contributed by atoms with van der Waals surface area (Å²) in [6, 6.07) is 4.71. The minimum atomic E-state index is 0.390. The van der Waals surface area contributed by atoms with Crippen LogP contribution in [0.1, 0.15) is 38.3 Å². The van der Waals surface area contributed by atoms with Crippen molar-refractivity contribution >= 4 is 5.82 Å². The lowest BCUT2D eigenvalue weighted by Crippen LogP contribution is -2.21. The Morgan fingerprint density at radius 1 is 1.59 bits per heavy atom. The van der Waals surface area contributed by atoms with Gasteiger partial charge in [0.1, 0.15) is 5.82 Å². The van der Waals surface area contributed by atoms with Crippen LogP contribution in [0, 0.1) is 5.92 Å². The summed E-state index contributed by atoms with van der Waals surface area (Å²) in [6.07, 6.45) is 4.52. The molecule has 2 heterocycles. The molecular formula is C14H23N3. The van der Waals surface area contributed by atoms with Gasteiger partial charge in [-0.2, -0.15) is 0 Å². The molecule has 0 aliphatic carbocycles. The Hall–Kier alpha value is -1.09. The van der Waals surface area contributed by atoms with Gasteiger partial charge in [-0.05, 0) is 44.0 Å². The highest BCUT2D eigenvalue weighted by Gasteiger charge is 2.22. The maximum absolute atomic E-state index is 4.50. The Bertz CT molecular complexity index is 364.